The molecule has 0 rings (SSSR count). The van der Waals surface area contributed by atoms with Crippen LogP contribution >= 0.6 is 0 Å². The van der Waals surface area contributed by atoms with E-state index in [1.54, 1.807) is 13.8 Å². The fourth-order valence-electron chi connectivity index (χ4n) is 1.65. The maximum atomic E-state index is 11.7. The first-order valence-corrected chi connectivity index (χ1v) is 8.69. The summed E-state index contributed by atoms with van der Waals surface area (Å²) in [5, 5.41) is 2.70. The van der Waals surface area contributed by atoms with Gasteiger partial charge in [-0.05, 0) is 39.2 Å². The van der Waals surface area contributed by atoms with E-state index in [2.05, 4.69) is 12.2 Å². The number of nitrogens with one attached hydrogen (secondary N) is 1. The Hall–Kier alpha value is -0.620. The van der Waals surface area contributed by atoms with Gasteiger partial charge < -0.3 is 11.1 Å². The Morgan fingerprint density at radius 3 is 2.32 bits per heavy atom. The maximum absolute atomic E-state index is 11.7. The van der Waals surface area contributed by atoms with Crippen LogP contribution in [-0.4, -0.2) is 38.4 Å². The lowest BCUT2D eigenvalue weighted by atomic mass is 9.96. The van der Waals surface area contributed by atoms with Gasteiger partial charge in [-0.25, -0.2) is 8.42 Å². The van der Waals surface area contributed by atoms with Crippen LogP contribution in [0.2, 0.25) is 0 Å². The lowest BCUT2D eigenvalue weighted by Crippen LogP contribution is -2.43. The highest BCUT2D eigenvalue weighted by Crippen LogP contribution is 2.15. The minimum Gasteiger partial charge on any atom is -0.355 e. The third-order valence-corrected chi connectivity index (χ3v) is 5.80. The molecule has 1 unspecified atom stereocenters. The van der Waals surface area contributed by atoms with Gasteiger partial charge in [-0.15, -0.1) is 0 Å². The minimum absolute atomic E-state index is 0.0906. The molecule has 0 aromatic rings. The number of amides is 1. The molecule has 0 aliphatic rings. The van der Waals surface area contributed by atoms with Gasteiger partial charge in [-0.2, -0.15) is 0 Å². The van der Waals surface area contributed by atoms with Crippen LogP contribution in [0.1, 0.15) is 46.5 Å². The zero-order valence-corrected chi connectivity index (χ0v) is 13.3. The highest BCUT2D eigenvalue weighted by atomic mass is 32.2. The van der Waals surface area contributed by atoms with Crippen molar-refractivity contribution < 1.29 is 13.2 Å². The summed E-state index contributed by atoms with van der Waals surface area (Å²) in [5.41, 5.74) is 5.51. The highest BCUT2D eigenvalue weighted by Gasteiger charge is 2.30. The summed E-state index contributed by atoms with van der Waals surface area (Å²) in [6.07, 6.45) is 4.36. The third-order valence-electron chi connectivity index (χ3n) is 3.65. The van der Waals surface area contributed by atoms with Crippen LogP contribution in [0.15, 0.2) is 0 Å². The van der Waals surface area contributed by atoms with Gasteiger partial charge in [0.1, 0.15) is 0 Å². The average molecular weight is 292 g/mol. The summed E-state index contributed by atoms with van der Waals surface area (Å²) >= 11 is 0. The molecule has 6 heteroatoms. The van der Waals surface area contributed by atoms with E-state index in [1.807, 2.05) is 0 Å². The van der Waals surface area contributed by atoms with Gasteiger partial charge >= 0.3 is 0 Å². The first-order valence-electron chi connectivity index (χ1n) is 6.80. The summed E-state index contributed by atoms with van der Waals surface area (Å²) in [6.45, 7) is 6.11. The molecule has 0 heterocycles. The fourth-order valence-corrected chi connectivity index (χ4v) is 1.99. The quantitative estimate of drug-likeness (QED) is 0.665. The van der Waals surface area contributed by atoms with Crippen LogP contribution in [0.3, 0.4) is 0 Å². The van der Waals surface area contributed by atoms with Gasteiger partial charge in [0.15, 0.2) is 9.84 Å². The second-order valence-corrected chi connectivity index (χ2v) is 8.35. The molecule has 0 aromatic heterocycles. The van der Waals surface area contributed by atoms with E-state index >= 15 is 0 Å². The second kappa shape index (κ2) is 7.85. The molecule has 0 bridgehead atoms. The van der Waals surface area contributed by atoms with Crippen molar-refractivity contribution in [1.82, 2.24) is 5.32 Å². The van der Waals surface area contributed by atoms with Crippen LogP contribution in [0.5, 0.6) is 0 Å². The van der Waals surface area contributed by atoms with Crippen molar-refractivity contribution in [3.05, 3.63) is 0 Å². The molecule has 0 spiro atoms. The van der Waals surface area contributed by atoms with Gasteiger partial charge in [-0.1, -0.05) is 13.3 Å². The van der Waals surface area contributed by atoms with E-state index in [0.29, 0.717) is 18.9 Å². The standard InChI is InChI=1S/C13H28N2O3S/c1-5-11(8-9-14)6-7-12(16)15-10-13(2,3)19(4,17)18/h11H,5-10,14H2,1-4H3,(H,15,16). The Balaban J connectivity index is 4.13. The van der Waals surface area contributed by atoms with Crippen molar-refractivity contribution in [3.8, 4) is 0 Å². The molecule has 0 aromatic carbocycles. The molecule has 19 heavy (non-hydrogen) atoms. The van der Waals surface area contributed by atoms with Crippen LogP contribution in [0, 0.1) is 5.92 Å². The number of carbonyl (C=O) groups excluding carboxylic acids is 1. The van der Waals surface area contributed by atoms with Crippen molar-refractivity contribution in [2.24, 2.45) is 11.7 Å². The normalized spacial score (nSPS) is 14.2. The molecular weight excluding hydrogens is 264 g/mol. The van der Waals surface area contributed by atoms with Gasteiger partial charge in [0, 0.05) is 19.2 Å². The van der Waals surface area contributed by atoms with Crippen molar-refractivity contribution in [3.63, 3.8) is 0 Å². The molecule has 0 aliphatic heterocycles. The van der Waals surface area contributed by atoms with Crippen LogP contribution < -0.4 is 11.1 Å². The summed E-state index contributed by atoms with van der Waals surface area (Å²) in [4.78, 5) is 11.7. The van der Waals surface area contributed by atoms with Crippen LogP contribution in [-0.2, 0) is 14.6 Å². The SMILES string of the molecule is CCC(CCN)CCC(=O)NCC(C)(C)S(C)(=O)=O. The molecule has 0 aliphatic carbocycles. The van der Waals surface area contributed by atoms with Gasteiger partial charge in [0.25, 0.3) is 0 Å². The Labute approximate surface area is 117 Å². The summed E-state index contributed by atoms with van der Waals surface area (Å²) < 4.78 is 22.1. The molecule has 114 valence electrons. The van der Waals surface area contributed by atoms with Crippen LogP contribution in [0.25, 0.3) is 0 Å². The second-order valence-electron chi connectivity index (χ2n) is 5.70. The van der Waals surface area contributed by atoms with Gasteiger partial charge in [0.05, 0.1) is 4.75 Å². The zero-order valence-electron chi connectivity index (χ0n) is 12.5. The molecule has 0 fully saturated rings. The van der Waals surface area contributed by atoms with Gasteiger partial charge in [0.2, 0.25) is 5.91 Å². The Morgan fingerprint density at radius 1 is 1.32 bits per heavy atom. The lowest BCUT2D eigenvalue weighted by Gasteiger charge is -2.23. The van der Waals surface area contributed by atoms with Crippen molar-refractivity contribution in [2.75, 3.05) is 19.3 Å². The highest BCUT2D eigenvalue weighted by molar-refractivity contribution is 7.92. The molecule has 1 amide bonds. The molecule has 5 nitrogen and oxygen atoms in total. The Kier molecular flexibility index (Phi) is 7.59. The Bertz CT molecular complexity index is 377. The number of hydrogen-bond acceptors (Lipinski definition) is 4. The number of nitrogens with two attached hydrogens (primary N) is 1. The first-order chi connectivity index (χ1) is 8.64. The van der Waals surface area contributed by atoms with E-state index < -0.39 is 14.6 Å². The predicted molar refractivity (Wildman–Crippen MR) is 78.6 cm³/mol. The summed E-state index contributed by atoms with van der Waals surface area (Å²) in [6, 6.07) is 0. The Morgan fingerprint density at radius 2 is 1.89 bits per heavy atom. The van der Waals surface area contributed by atoms with Crippen molar-refractivity contribution in [1.29, 1.82) is 0 Å². The van der Waals surface area contributed by atoms with E-state index in [-0.39, 0.29) is 12.5 Å². The summed E-state index contributed by atoms with van der Waals surface area (Å²) in [7, 11) is -3.17. The maximum Gasteiger partial charge on any atom is 0.220 e. The van der Waals surface area contributed by atoms with E-state index in [4.69, 9.17) is 5.73 Å². The van der Waals surface area contributed by atoms with E-state index in [1.165, 1.54) is 6.26 Å². The smallest absolute Gasteiger partial charge is 0.220 e. The summed E-state index contributed by atoms with van der Waals surface area (Å²) in [5.74, 6) is 0.380. The zero-order chi connectivity index (χ0) is 15.1. The number of sulfone groups is 1. The average Bonchev–Trinajstić information content (AvgIpc) is 2.30. The molecule has 1 atom stereocenters. The molecule has 3 N–H and O–H groups in total. The largest absolute Gasteiger partial charge is 0.355 e. The molecule has 0 saturated carbocycles. The minimum atomic E-state index is -3.17. The molecule has 0 radical (unpaired) electrons. The fraction of sp³-hybridized carbons (Fsp3) is 0.923. The molecular formula is C13H28N2O3S. The number of carbonyl (C=O) groups is 1. The number of rotatable bonds is 9. The third kappa shape index (κ3) is 6.92. The topological polar surface area (TPSA) is 89.3 Å². The van der Waals surface area contributed by atoms with Crippen molar-refractivity contribution >= 4 is 15.7 Å². The first kappa shape index (κ1) is 18.4. The monoisotopic (exact) mass is 292 g/mol. The predicted octanol–water partition coefficient (Wildman–Crippen LogP) is 1.08. The van der Waals surface area contributed by atoms with E-state index in [9.17, 15) is 13.2 Å². The number of hydrogen-bond donors (Lipinski definition) is 2. The van der Waals surface area contributed by atoms with E-state index in [0.717, 1.165) is 19.3 Å². The van der Waals surface area contributed by atoms with Crippen molar-refractivity contribution in [2.45, 2.75) is 51.2 Å². The van der Waals surface area contributed by atoms with Gasteiger partial charge in [-0.3, -0.25) is 4.79 Å². The van der Waals surface area contributed by atoms with Crippen LogP contribution in [0.4, 0.5) is 0 Å². The molecule has 0 saturated heterocycles. The lowest BCUT2D eigenvalue weighted by molar-refractivity contribution is -0.121.